The number of amides is 2. The molecule has 20 heavy (non-hydrogen) atoms. The Hall–Kier alpha value is -1.30. The second-order valence-corrected chi connectivity index (χ2v) is 6.46. The van der Waals surface area contributed by atoms with Crippen LogP contribution in [-0.2, 0) is 4.79 Å². The lowest BCUT2D eigenvalue weighted by Crippen LogP contribution is -2.59. The summed E-state index contributed by atoms with van der Waals surface area (Å²) in [5, 5.41) is 18.6. The first-order valence-corrected chi connectivity index (χ1v) is 7.29. The predicted molar refractivity (Wildman–Crippen MR) is 73.4 cm³/mol. The number of piperidine rings is 1. The largest absolute Gasteiger partial charge is 0.480 e. The number of aliphatic hydroxyl groups is 1. The van der Waals surface area contributed by atoms with Crippen molar-refractivity contribution in [3.63, 3.8) is 0 Å². The molecule has 2 amide bonds. The van der Waals surface area contributed by atoms with Gasteiger partial charge in [-0.15, -0.1) is 0 Å². The number of hydrogen-bond acceptors (Lipinski definition) is 3. The zero-order chi connectivity index (χ0) is 14.9. The third kappa shape index (κ3) is 2.90. The summed E-state index contributed by atoms with van der Waals surface area (Å²) in [6.07, 6.45) is 3.51. The minimum atomic E-state index is -0.942. The Kier molecular flexibility index (Phi) is 4.22. The van der Waals surface area contributed by atoms with E-state index in [-0.39, 0.29) is 25.2 Å². The number of aliphatic hydroxyl groups excluding tert-OH is 1. The molecule has 1 unspecified atom stereocenters. The number of hydrogen-bond donors (Lipinski definition) is 2. The molecule has 0 aromatic carbocycles. The molecule has 0 spiro atoms. The van der Waals surface area contributed by atoms with Crippen LogP contribution < -0.4 is 0 Å². The highest BCUT2D eigenvalue weighted by atomic mass is 16.4. The van der Waals surface area contributed by atoms with Crippen LogP contribution in [0, 0.1) is 5.41 Å². The highest BCUT2D eigenvalue weighted by molar-refractivity contribution is 5.84. The number of aliphatic carboxylic acids is 1. The minimum Gasteiger partial charge on any atom is -0.480 e. The van der Waals surface area contributed by atoms with Crippen molar-refractivity contribution in [2.45, 2.75) is 51.6 Å². The van der Waals surface area contributed by atoms with Gasteiger partial charge < -0.3 is 20.0 Å². The van der Waals surface area contributed by atoms with E-state index in [0.717, 1.165) is 25.7 Å². The van der Waals surface area contributed by atoms with Crippen LogP contribution in [-0.4, -0.2) is 63.8 Å². The lowest BCUT2D eigenvalue weighted by Gasteiger charge is -2.45. The molecule has 0 bridgehead atoms. The number of carboxylic acids is 1. The predicted octanol–water partition coefficient (Wildman–Crippen LogP) is 1.14. The number of carbonyl (C=O) groups excluding carboxylic acids is 1. The third-order valence-electron chi connectivity index (χ3n) is 4.33. The van der Waals surface area contributed by atoms with Gasteiger partial charge in [0.1, 0.15) is 6.04 Å². The van der Waals surface area contributed by atoms with E-state index in [1.165, 1.54) is 4.90 Å². The molecule has 0 radical (unpaired) electrons. The highest BCUT2D eigenvalue weighted by Gasteiger charge is 2.47. The first kappa shape index (κ1) is 15.1. The molecule has 1 aliphatic carbocycles. The number of carbonyl (C=O) groups is 2. The van der Waals surface area contributed by atoms with Crippen molar-refractivity contribution in [3.05, 3.63) is 0 Å². The van der Waals surface area contributed by atoms with Crippen LogP contribution in [0.2, 0.25) is 0 Å². The smallest absolute Gasteiger partial charge is 0.327 e. The molecule has 1 atom stereocenters. The fourth-order valence-electron chi connectivity index (χ4n) is 3.16. The molecular formula is C14H24N2O4. The summed E-state index contributed by atoms with van der Waals surface area (Å²) < 4.78 is 0. The van der Waals surface area contributed by atoms with Gasteiger partial charge in [0.05, 0.1) is 6.61 Å². The zero-order valence-corrected chi connectivity index (χ0v) is 12.2. The van der Waals surface area contributed by atoms with Crippen LogP contribution in [0.4, 0.5) is 4.79 Å². The van der Waals surface area contributed by atoms with Gasteiger partial charge in [-0.1, -0.05) is 13.8 Å². The van der Waals surface area contributed by atoms with Crippen molar-refractivity contribution in [2.24, 2.45) is 5.41 Å². The van der Waals surface area contributed by atoms with Crippen LogP contribution >= 0.6 is 0 Å². The SMILES string of the molecule is CC1(C)CCCN(C(=O)N(CCO)C2CC2)C1C(=O)O. The van der Waals surface area contributed by atoms with Crippen LogP contribution in [0.5, 0.6) is 0 Å². The fourth-order valence-corrected chi connectivity index (χ4v) is 3.16. The van der Waals surface area contributed by atoms with Gasteiger partial charge in [0.15, 0.2) is 0 Å². The molecule has 114 valence electrons. The summed E-state index contributed by atoms with van der Waals surface area (Å²) in [4.78, 5) is 27.4. The topological polar surface area (TPSA) is 81.1 Å². The van der Waals surface area contributed by atoms with Crippen LogP contribution in [0.1, 0.15) is 39.5 Å². The first-order chi connectivity index (χ1) is 9.38. The van der Waals surface area contributed by atoms with Crippen molar-refractivity contribution in [3.8, 4) is 0 Å². The third-order valence-corrected chi connectivity index (χ3v) is 4.33. The number of carboxylic acid groups (broad SMARTS) is 1. The zero-order valence-electron chi connectivity index (χ0n) is 12.2. The standard InChI is InChI=1S/C14H24N2O4/c1-14(2)6-3-7-16(11(14)12(18)19)13(20)15(8-9-17)10-4-5-10/h10-11,17H,3-9H2,1-2H3,(H,18,19). The van der Waals surface area contributed by atoms with Crippen molar-refractivity contribution < 1.29 is 19.8 Å². The lowest BCUT2D eigenvalue weighted by molar-refractivity contribution is -0.148. The number of urea groups is 1. The van der Waals surface area contributed by atoms with Crippen molar-refractivity contribution >= 4 is 12.0 Å². The van der Waals surface area contributed by atoms with Crippen molar-refractivity contribution in [1.29, 1.82) is 0 Å². The van der Waals surface area contributed by atoms with E-state index >= 15 is 0 Å². The van der Waals surface area contributed by atoms with E-state index in [1.807, 2.05) is 13.8 Å². The van der Waals surface area contributed by atoms with Crippen LogP contribution in [0.15, 0.2) is 0 Å². The van der Waals surface area contributed by atoms with Gasteiger partial charge in [0.2, 0.25) is 0 Å². The maximum Gasteiger partial charge on any atom is 0.327 e. The Bertz CT molecular complexity index is 393. The molecule has 2 fully saturated rings. The van der Waals surface area contributed by atoms with Gasteiger partial charge in [-0.2, -0.15) is 0 Å². The first-order valence-electron chi connectivity index (χ1n) is 7.29. The average molecular weight is 284 g/mol. The van der Waals surface area contributed by atoms with Gasteiger partial charge in [-0.25, -0.2) is 9.59 Å². The van der Waals surface area contributed by atoms with E-state index in [1.54, 1.807) is 4.90 Å². The second-order valence-electron chi connectivity index (χ2n) is 6.46. The molecule has 1 saturated carbocycles. The number of rotatable bonds is 4. The minimum absolute atomic E-state index is 0.0861. The quantitative estimate of drug-likeness (QED) is 0.811. The highest BCUT2D eigenvalue weighted by Crippen LogP contribution is 2.37. The Balaban J connectivity index is 2.19. The molecule has 2 N–H and O–H groups in total. The Morgan fingerprint density at radius 1 is 1.35 bits per heavy atom. The molecule has 2 aliphatic rings. The molecule has 6 nitrogen and oxygen atoms in total. The average Bonchev–Trinajstić information content (AvgIpc) is 3.17. The summed E-state index contributed by atoms with van der Waals surface area (Å²) in [5.74, 6) is -0.942. The molecule has 1 saturated heterocycles. The van der Waals surface area contributed by atoms with Crippen molar-refractivity contribution in [2.75, 3.05) is 19.7 Å². The van der Waals surface area contributed by atoms with Gasteiger partial charge in [-0.3, -0.25) is 0 Å². The summed E-state index contributed by atoms with van der Waals surface area (Å²) in [6, 6.07) is -0.848. The van der Waals surface area contributed by atoms with E-state index in [9.17, 15) is 14.7 Å². The number of likely N-dealkylation sites (tertiary alicyclic amines) is 1. The van der Waals surface area contributed by atoms with Crippen LogP contribution in [0.3, 0.4) is 0 Å². The maximum absolute atomic E-state index is 12.6. The molecule has 1 aliphatic heterocycles. The van der Waals surface area contributed by atoms with E-state index in [0.29, 0.717) is 6.54 Å². The molecule has 2 rings (SSSR count). The Labute approximate surface area is 119 Å². The lowest BCUT2D eigenvalue weighted by atomic mass is 9.76. The Morgan fingerprint density at radius 2 is 2.00 bits per heavy atom. The summed E-state index contributed by atoms with van der Waals surface area (Å²) >= 11 is 0. The fraction of sp³-hybridized carbons (Fsp3) is 0.857. The molecule has 0 aromatic heterocycles. The monoisotopic (exact) mass is 284 g/mol. The maximum atomic E-state index is 12.6. The van der Waals surface area contributed by atoms with E-state index in [4.69, 9.17) is 5.11 Å². The molecular weight excluding hydrogens is 260 g/mol. The second kappa shape index (κ2) is 5.60. The summed E-state index contributed by atoms with van der Waals surface area (Å²) in [7, 11) is 0. The van der Waals surface area contributed by atoms with E-state index in [2.05, 4.69) is 0 Å². The van der Waals surface area contributed by atoms with Crippen LogP contribution in [0.25, 0.3) is 0 Å². The summed E-state index contributed by atoms with van der Waals surface area (Å²) in [6.45, 7) is 4.48. The van der Waals surface area contributed by atoms with Crippen molar-refractivity contribution in [1.82, 2.24) is 9.80 Å². The molecule has 6 heteroatoms. The van der Waals surface area contributed by atoms with E-state index < -0.39 is 17.4 Å². The number of nitrogens with zero attached hydrogens (tertiary/aromatic N) is 2. The summed E-state index contributed by atoms with van der Waals surface area (Å²) in [5.41, 5.74) is -0.422. The normalized spacial score (nSPS) is 25.4. The van der Waals surface area contributed by atoms with Gasteiger partial charge >= 0.3 is 12.0 Å². The van der Waals surface area contributed by atoms with Gasteiger partial charge in [-0.05, 0) is 31.1 Å². The van der Waals surface area contributed by atoms with Gasteiger partial charge in [0, 0.05) is 19.1 Å². The van der Waals surface area contributed by atoms with Gasteiger partial charge in [0.25, 0.3) is 0 Å². The molecule has 1 heterocycles. The molecule has 0 aromatic rings. The Morgan fingerprint density at radius 3 is 2.50 bits per heavy atom.